The van der Waals surface area contributed by atoms with Crippen molar-refractivity contribution in [3.05, 3.63) is 35.6 Å². The molecule has 24 heavy (non-hydrogen) atoms. The molecule has 0 aromatic heterocycles. The highest BCUT2D eigenvalue weighted by atomic mass is 32.2. The molecule has 0 unspecified atom stereocenters. The van der Waals surface area contributed by atoms with Crippen LogP contribution in [0.1, 0.15) is 26.3 Å². The first-order valence-electron chi connectivity index (χ1n) is 7.99. The Bertz CT molecular complexity index is 648. The van der Waals surface area contributed by atoms with Crippen molar-refractivity contribution in [3.8, 4) is 0 Å². The summed E-state index contributed by atoms with van der Waals surface area (Å²) < 4.78 is 40.9. The number of halogens is 1. The number of amides is 1. The zero-order chi connectivity index (χ0) is 18.3. The van der Waals surface area contributed by atoms with Gasteiger partial charge in [-0.2, -0.15) is 17.0 Å². The maximum Gasteiger partial charge on any atom is 0.282 e. The normalized spacial score (nSPS) is 12.0. The summed E-state index contributed by atoms with van der Waals surface area (Å²) in [5.74, 6) is -0.654. The van der Waals surface area contributed by atoms with Crippen LogP contribution in [0.4, 0.5) is 4.39 Å². The molecule has 0 aliphatic heterocycles. The molecule has 0 radical (unpaired) electrons. The Hall–Kier alpha value is -1.51. The van der Waals surface area contributed by atoms with Crippen LogP contribution in [0.15, 0.2) is 24.3 Å². The van der Waals surface area contributed by atoms with Crippen molar-refractivity contribution in [3.63, 3.8) is 0 Å². The summed E-state index contributed by atoms with van der Waals surface area (Å²) in [5, 5.41) is 0. The standard InChI is InChI=1S/C16H26FN3O3S/c1-5-19(6-2)16(21)13-18(4)24(22,23)20(7-3)12-14-9-8-10-15(17)11-14/h8-11H,5-7,12-13H2,1-4H3. The average Bonchev–Trinajstić information content (AvgIpc) is 2.53. The van der Waals surface area contributed by atoms with Crippen LogP contribution in [-0.2, 0) is 21.5 Å². The second-order valence-electron chi connectivity index (χ2n) is 5.39. The number of likely N-dealkylation sites (N-methyl/N-ethyl adjacent to an activating group) is 2. The molecule has 1 aromatic carbocycles. The number of rotatable bonds is 9. The van der Waals surface area contributed by atoms with Crippen LogP contribution >= 0.6 is 0 Å². The molecule has 8 heteroatoms. The third-order valence-electron chi connectivity index (χ3n) is 3.79. The maximum absolute atomic E-state index is 13.3. The summed E-state index contributed by atoms with van der Waals surface area (Å²) in [6.07, 6.45) is 0. The van der Waals surface area contributed by atoms with Crippen LogP contribution in [0.25, 0.3) is 0 Å². The van der Waals surface area contributed by atoms with Crippen molar-refractivity contribution in [2.75, 3.05) is 33.2 Å². The van der Waals surface area contributed by atoms with Crippen LogP contribution in [0.5, 0.6) is 0 Å². The molecule has 0 N–H and O–H groups in total. The minimum atomic E-state index is -3.81. The summed E-state index contributed by atoms with van der Waals surface area (Å²) in [7, 11) is -2.43. The fourth-order valence-electron chi connectivity index (χ4n) is 2.34. The van der Waals surface area contributed by atoms with Crippen molar-refractivity contribution in [1.29, 1.82) is 0 Å². The summed E-state index contributed by atoms with van der Waals surface area (Å²) >= 11 is 0. The molecule has 0 saturated heterocycles. The summed E-state index contributed by atoms with van der Waals surface area (Å²) in [6, 6.07) is 5.82. The molecule has 0 bridgehead atoms. The lowest BCUT2D eigenvalue weighted by Crippen LogP contribution is -2.46. The Labute approximate surface area is 144 Å². The Morgan fingerprint density at radius 1 is 1.12 bits per heavy atom. The molecule has 136 valence electrons. The van der Waals surface area contributed by atoms with Gasteiger partial charge >= 0.3 is 0 Å². The van der Waals surface area contributed by atoms with Gasteiger partial charge in [0.05, 0.1) is 6.54 Å². The average molecular weight is 359 g/mol. The van der Waals surface area contributed by atoms with Crippen molar-refractivity contribution >= 4 is 16.1 Å². The smallest absolute Gasteiger partial charge is 0.282 e. The molecule has 1 amide bonds. The minimum absolute atomic E-state index is 0.0559. The van der Waals surface area contributed by atoms with Gasteiger partial charge in [-0.1, -0.05) is 19.1 Å². The highest BCUT2D eigenvalue weighted by Gasteiger charge is 2.28. The summed E-state index contributed by atoms with van der Waals surface area (Å²) in [5.41, 5.74) is 0.559. The van der Waals surface area contributed by atoms with Crippen LogP contribution in [0.3, 0.4) is 0 Å². The lowest BCUT2D eigenvalue weighted by atomic mass is 10.2. The van der Waals surface area contributed by atoms with E-state index >= 15 is 0 Å². The van der Waals surface area contributed by atoms with Gasteiger partial charge in [0.15, 0.2) is 0 Å². The zero-order valence-electron chi connectivity index (χ0n) is 14.7. The molecule has 0 saturated carbocycles. The molecule has 6 nitrogen and oxygen atoms in total. The Morgan fingerprint density at radius 2 is 1.75 bits per heavy atom. The van der Waals surface area contributed by atoms with Gasteiger partial charge in [-0.3, -0.25) is 4.79 Å². The number of hydrogen-bond donors (Lipinski definition) is 0. The highest BCUT2D eigenvalue weighted by molar-refractivity contribution is 7.86. The monoisotopic (exact) mass is 359 g/mol. The fraction of sp³-hybridized carbons (Fsp3) is 0.562. The molecule has 0 fully saturated rings. The first-order valence-corrected chi connectivity index (χ1v) is 9.39. The van der Waals surface area contributed by atoms with E-state index in [9.17, 15) is 17.6 Å². The Kier molecular flexibility index (Phi) is 7.78. The van der Waals surface area contributed by atoms with Crippen molar-refractivity contribution < 1.29 is 17.6 Å². The molecular weight excluding hydrogens is 333 g/mol. The molecule has 1 rings (SSSR count). The van der Waals surface area contributed by atoms with E-state index in [0.717, 1.165) is 4.31 Å². The zero-order valence-corrected chi connectivity index (χ0v) is 15.5. The van der Waals surface area contributed by atoms with Gasteiger partial charge in [0.1, 0.15) is 5.82 Å². The third kappa shape index (κ3) is 5.25. The molecule has 0 heterocycles. The van der Waals surface area contributed by atoms with Crippen LogP contribution in [-0.4, -0.2) is 61.1 Å². The van der Waals surface area contributed by atoms with E-state index in [1.165, 1.54) is 23.5 Å². The SMILES string of the molecule is CCN(CC)C(=O)CN(C)S(=O)(=O)N(CC)Cc1cccc(F)c1. The second-order valence-corrected chi connectivity index (χ2v) is 7.42. The quantitative estimate of drug-likeness (QED) is 0.674. The third-order valence-corrected chi connectivity index (χ3v) is 5.75. The Morgan fingerprint density at radius 3 is 2.25 bits per heavy atom. The van der Waals surface area contributed by atoms with Gasteiger partial charge in [-0.05, 0) is 31.5 Å². The number of carbonyl (C=O) groups excluding carboxylic acids is 1. The molecular formula is C16H26FN3O3S. The molecule has 0 aliphatic carbocycles. The van der Waals surface area contributed by atoms with Crippen molar-refractivity contribution in [2.45, 2.75) is 27.3 Å². The fourth-order valence-corrected chi connectivity index (χ4v) is 3.65. The minimum Gasteiger partial charge on any atom is -0.342 e. The molecule has 0 atom stereocenters. The largest absolute Gasteiger partial charge is 0.342 e. The van der Waals surface area contributed by atoms with Gasteiger partial charge in [-0.15, -0.1) is 0 Å². The van der Waals surface area contributed by atoms with Gasteiger partial charge in [0, 0.05) is 33.2 Å². The first-order chi connectivity index (χ1) is 11.3. The topological polar surface area (TPSA) is 60.9 Å². The van der Waals surface area contributed by atoms with E-state index in [-0.39, 0.29) is 25.5 Å². The predicted octanol–water partition coefficient (Wildman–Crippen LogP) is 1.69. The molecule has 0 aliphatic rings. The Balaban J connectivity index is 2.88. The number of hydrogen-bond acceptors (Lipinski definition) is 3. The van der Waals surface area contributed by atoms with E-state index < -0.39 is 16.0 Å². The summed E-state index contributed by atoms with van der Waals surface area (Å²) in [6.45, 7) is 6.52. The lowest BCUT2D eigenvalue weighted by Gasteiger charge is -2.28. The second kappa shape index (κ2) is 9.10. The van der Waals surface area contributed by atoms with E-state index in [4.69, 9.17) is 0 Å². The van der Waals surface area contributed by atoms with Gasteiger partial charge in [0.25, 0.3) is 10.2 Å². The van der Waals surface area contributed by atoms with E-state index in [1.54, 1.807) is 24.0 Å². The van der Waals surface area contributed by atoms with E-state index in [1.807, 2.05) is 13.8 Å². The number of benzene rings is 1. The predicted molar refractivity (Wildman–Crippen MR) is 92.0 cm³/mol. The highest BCUT2D eigenvalue weighted by Crippen LogP contribution is 2.13. The van der Waals surface area contributed by atoms with Crippen molar-refractivity contribution in [1.82, 2.24) is 13.5 Å². The van der Waals surface area contributed by atoms with Crippen molar-refractivity contribution in [2.24, 2.45) is 0 Å². The lowest BCUT2D eigenvalue weighted by molar-refractivity contribution is -0.130. The van der Waals surface area contributed by atoms with Crippen LogP contribution in [0, 0.1) is 5.82 Å². The molecule has 1 aromatic rings. The number of nitrogens with zero attached hydrogens (tertiary/aromatic N) is 3. The van der Waals surface area contributed by atoms with Crippen LogP contribution in [0.2, 0.25) is 0 Å². The molecule has 0 spiro atoms. The van der Waals surface area contributed by atoms with Crippen LogP contribution < -0.4 is 0 Å². The maximum atomic E-state index is 13.3. The van der Waals surface area contributed by atoms with E-state index in [2.05, 4.69) is 0 Å². The van der Waals surface area contributed by atoms with E-state index in [0.29, 0.717) is 18.7 Å². The van der Waals surface area contributed by atoms with Gasteiger partial charge in [-0.25, -0.2) is 4.39 Å². The van der Waals surface area contributed by atoms with Gasteiger partial charge < -0.3 is 4.90 Å². The number of carbonyl (C=O) groups is 1. The van der Waals surface area contributed by atoms with Gasteiger partial charge in [0.2, 0.25) is 5.91 Å². The summed E-state index contributed by atoms with van der Waals surface area (Å²) in [4.78, 5) is 13.7. The first kappa shape index (κ1) is 20.5.